The fourth-order valence-corrected chi connectivity index (χ4v) is 14.1. The second-order valence-corrected chi connectivity index (χ2v) is 27.7. The van der Waals surface area contributed by atoms with E-state index in [2.05, 4.69) is 205 Å². The zero-order chi connectivity index (χ0) is 61.3. The Balaban J connectivity index is 0.00000769. The molecule has 2 fully saturated rings. The van der Waals surface area contributed by atoms with Crippen LogP contribution in [0.2, 0.25) is 0 Å². The zero-order valence-corrected chi connectivity index (χ0v) is 55.3. The van der Waals surface area contributed by atoms with E-state index in [1.54, 1.807) is 0 Å². The Morgan fingerprint density at radius 2 is 1.13 bits per heavy atom. The van der Waals surface area contributed by atoms with Crippen molar-refractivity contribution in [2.75, 3.05) is 9.80 Å². The fourth-order valence-electron chi connectivity index (χ4n) is 14.1. The molecule has 0 unspecified atom stereocenters. The van der Waals surface area contributed by atoms with Crippen molar-refractivity contribution in [3.8, 4) is 50.7 Å². The van der Waals surface area contributed by atoms with E-state index in [0.29, 0.717) is 34.6 Å². The molecule has 0 saturated heterocycles. The van der Waals surface area contributed by atoms with Gasteiger partial charge in [-0.3, -0.25) is 0 Å². The van der Waals surface area contributed by atoms with Crippen LogP contribution in [-0.2, 0) is 31.9 Å². The third kappa shape index (κ3) is 12.0. The molecule has 0 N–H and O–H groups in total. The van der Waals surface area contributed by atoms with E-state index in [1.807, 2.05) is 37.1 Å². The number of para-hydroxylation sites is 3. The first-order valence-electron chi connectivity index (χ1n) is 32.1. The van der Waals surface area contributed by atoms with Crippen LogP contribution in [0.25, 0.3) is 61.0 Å². The Morgan fingerprint density at radius 3 is 1.75 bits per heavy atom. The topological polar surface area (TPSA) is 33.5 Å². The number of fused-ring (bicyclic) bond motifs is 4. The number of aromatic nitrogens is 2. The summed E-state index contributed by atoms with van der Waals surface area (Å²) < 4.78 is 58.5. The minimum Gasteiger partial charge on any atom is -0.509 e. The molecule has 460 valence electrons. The molecule has 0 spiro atoms. The van der Waals surface area contributed by atoms with Crippen LogP contribution in [0.5, 0.6) is 11.5 Å². The van der Waals surface area contributed by atoms with Crippen molar-refractivity contribution in [1.82, 2.24) is 9.55 Å². The Hall–Kier alpha value is -7.41. The van der Waals surface area contributed by atoms with Gasteiger partial charge in [0.2, 0.25) is 0 Å². The maximum absolute atomic E-state index is 16.9. The first-order chi connectivity index (χ1) is 42.3. The van der Waals surface area contributed by atoms with Gasteiger partial charge in [0.05, 0.1) is 5.56 Å². The van der Waals surface area contributed by atoms with Crippen LogP contribution in [0.4, 0.5) is 35.9 Å². The summed E-state index contributed by atoms with van der Waals surface area (Å²) in [6.07, 6.45) is 13.8. The van der Waals surface area contributed by atoms with Gasteiger partial charge in [-0.2, -0.15) is 6.07 Å². The van der Waals surface area contributed by atoms with Crippen molar-refractivity contribution in [3.05, 3.63) is 221 Å². The Labute approximate surface area is 539 Å². The molecule has 0 bridgehead atoms. The molecule has 8 aromatic carbocycles. The number of hydrogen-bond acceptors (Lipinski definition) is 4. The van der Waals surface area contributed by atoms with Crippen molar-refractivity contribution in [2.45, 2.75) is 168 Å². The quantitative estimate of drug-likeness (QED) is 0.114. The van der Waals surface area contributed by atoms with Crippen LogP contribution in [0.1, 0.15) is 190 Å². The maximum Gasteiger partial charge on any atom is 0.136 e. The third-order valence-electron chi connectivity index (χ3n) is 19.0. The number of nitrogens with zero attached hydrogens (tertiary/aromatic N) is 4. The molecule has 9 heteroatoms. The Morgan fingerprint density at radius 1 is 0.539 bits per heavy atom. The van der Waals surface area contributed by atoms with Crippen LogP contribution in [0.15, 0.2) is 152 Å². The van der Waals surface area contributed by atoms with Crippen LogP contribution in [0.3, 0.4) is 0 Å². The van der Waals surface area contributed by atoms with Gasteiger partial charge in [-0.05, 0) is 153 Å². The number of ether oxygens (including phenoxy) is 1. The van der Waals surface area contributed by atoms with Crippen molar-refractivity contribution >= 4 is 44.6 Å². The molecule has 10 aromatic rings. The Kier molecular flexibility index (Phi) is 17.2. The molecular weight excluding hydrogens is 1280 g/mol. The molecule has 89 heavy (non-hydrogen) atoms. The molecule has 5 nitrogen and oxygen atoms in total. The van der Waals surface area contributed by atoms with Crippen LogP contribution < -0.4 is 14.5 Å². The zero-order valence-electron chi connectivity index (χ0n) is 53.0. The molecule has 2 aromatic heterocycles. The van der Waals surface area contributed by atoms with Gasteiger partial charge in [0.1, 0.15) is 23.3 Å². The maximum atomic E-state index is 16.9. The second kappa shape index (κ2) is 24.8. The number of anilines is 4. The number of halogens is 3. The number of hydrogen-bond donors (Lipinski definition) is 0. The van der Waals surface area contributed by atoms with Crippen LogP contribution in [-0.4, -0.2) is 9.55 Å². The summed E-state index contributed by atoms with van der Waals surface area (Å²) in [5, 5.41) is 2.14. The van der Waals surface area contributed by atoms with Crippen LogP contribution in [0, 0.1) is 36.3 Å². The number of benzene rings is 8. The largest absolute Gasteiger partial charge is 0.509 e. The van der Waals surface area contributed by atoms with E-state index in [9.17, 15) is 0 Å². The van der Waals surface area contributed by atoms with E-state index in [0.717, 1.165) is 116 Å². The van der Waals surface area contributed by atoms with E-state index >= 15 is 13.2 Å². The number of rotatable bonds is 12. The molecular formula is C80H80F3N4OPt-3. The summed E-state index contributed by atoms with van der Waals surface area (Å²) in [6, 6.07) is 56.6. The average Bonchev–Trinajstić information content (AvgIpc) is 1.72. The SMILES string of the molecule is CC(C)c1cc(-c2cc(C(C)(C)C)cc(-c3c(F)cc(F)cc3F)c2N2[CH-]N(c3[c-]c(Oc4[c-]c5c(cc4)c4ccccc4n5-c4cc(C(C)(C)C)ccn4)cc(-c4c(C5CCCCC5)cccc4C4CCCCC4)c3)c3ccccc32)cc(C(C)C)c1.[Pt]. The minimum absolute atomic E-state index is 0. The Bertz CT molecular complexity index is 4200. The van der Waals surface area contributed by atoms with Gasteiger partial charge in [-0.25, -0.2) is 18.2 Å². The second-order valence-electron chi connectivity index (χ2n) is 27.7. The molecule has 1 aliphatic heterocycles. The summed E-state index contributed by atoms with van der Waals surface area (Å²) >= 11 is 0. The predicted molar refractivity (Wildman–Crippen MR) is 358 cm³/mol. The number of pyridine rings is 1. The predicted octanol–water partition coefficient (Wildman–Crippen LogP) is 23.3. The summed E-state index contributed by atoms with van der Waals surface area (Å²) in [4.78, 5) is 9.21. The third-order valence-corrected chi connectivity index (χ3v) is 19.0. The fraction of sp³-hybridized carbons (Fsp3) is 0.325. The monoisotopic (exact) mass is 1360 g/mol. The molecule has 3 aliphatic rings. The summed E-state index contributed by atoms with van der Waals surface area (Å²) in [7, 11) is 0. The average molecular weight is 1370 g/mol. The van der Waals surface area contributed by atoms with Gasteiger partial charge in [-0.15, -0.1) is 53.6 Å². The van der Waals surface area contributed by atoms with E-state index in [1.165, 1.54) is 60.8 Å². The van der Waals surface area contributed by atoms with Crippen LogP contribution >= 0.6 is 0 Å². The van der Waals surface area contributed by atoms with Gasteiger partial charge < -0.3 is 19.1 Å². The van der Waals surface area contributed by atoms with E-state index in [4.69, 9.17) is 9.72 Å². The molecule has 0 radical (unpaired) electrons. The first kappa shape index (κ1) is 61.8. The smallest absolute Gasteiger partial charge is 0.136 e. The minimum atomic E-state index is -0.976. The van der Waals surface area contributed by atoms with Crippen molar-refractivity contribution in [2.24, 2.45) is 0 Å². The van der Waals surface area contributed by atoms with Gasteiger partial charge in [0.15, 0.2) is 0 Å². The molecule has 0 amide bonds. The van der Waals surface area contributed by atoms with Gasteiger partial charge in [0, 0.05) is 84.6 Å². The van der Waals surface area contributed by atoms with Crippen molar-refractivity contribution < 1.29 is 39.0 Å². The van der Waals surface area contributed by atoms with E-state index in [-0.39, 0.29) is 43.9 Å². The van der Waals surface area contributed by atoms with Crippen molar-refractivity contribution in [3.63, 3.8) is 0 Å². The summed E-state index contributed by atoms with van der Waals surface area (Å²) in [5.74, 6) is 0.146. The van der Waals surface area contributed by atoms with E-state index < -0.39 is 22.9 Å². The normalized spacial score (nSPS) is 15.2. The van der Waals surface area contributed by atoms with Crippen molar-refractivity contribution in [1.29, 1.82) is 0 Å². The molecule has 0 atom stereocenters. The van der Waals surface area contributed by atoms with Gasteiger partial charge in [0.25, 0.3) is 0 Å². The molecule has 2 saturated carbocycles. The summed E-state index contributed by atoms with van der Waals surface area (Å²) in [5.41, 5.74) is 15.5. The standard InChI is InChI=1S/C80H80F3N4O.Pt/c1-49(2)53-36-54(50(3)4)38-55(37-53)67-41-58(80(8,9)10)42-68(77-69(82)44-59(81)45-70(77)83)78(67)86-48-85(72-30-19-20-31-73(72)86)60-39-56(76-63(51-22-13-11-14-23-51)27-21-28-64(76)52-24-15-12-16-25-52)40-62(46-60)88-61-32-33-66-65-26-17-18-29-71(65)87(74(66)47-61)75-43-57(34-35-84-75)79(5,6)7;/h17-21,26-45,48-52H,11-16,22-25H2,1-10H3;/q-3;. The molecule has 2 aliphatic carbocycles. The first-order valence-corrected chi connectivity index (χ1v) is 32.1. The molecule has 13 rings (SSSR count). The van der Waals surface area contributed by atoms with Gasteiger partial charge >= 0.3 is 0 Å². The molecule has 3 heterocycles. The summed E-state index contributed by atoms with van der Waals surface area (Å²) in [6.45, 7) is 23.8. The van der Waals surface area contributed by atoms with Gasteiger partial charge in [-0.1, -0.05) is 180 Å².